The minimum atomic E-state index is -4.42. The Morgan fingerprint density at radius 1 is 1.35 bits per heavy atom. The number of aromatic nitrogens is 1. The largest absolute Gasteiger partial charge is 0.468 e. The van der Waals surface area contributed by atoms with E-state index in [-0.39, 0.29) is 24.6 Å². The van der Waals surface area contributed by atoms with Crippen LogP contribution in [0.25, 0.3) is 0 Å². The van der Waals surface area contributed by atoms with E-state index >= 15 is 0 Å². The van der Waals surface area contributed by atoms with Gasteiger partial charge in [0.15, 0.2) is 12.6 Å². The smallest absolute Gasteiger partial charge is 0.422 e. The summed E-state index contributed by atoms with van der Waals surface area (Å²) in [5.41, 5.74) is 0.480. The Hall–Kier alpha value is -2.03. The maximum atomic E-state index is 12.4. The number of nitrogens with zero attached hydrogens (tertiary/aromatic N) is 2. The van der Waals surface area contributed by atoms with Crippen molar-refractivity contribution in [1.29, 1.82) is 0 Å². The van der Waals surface area contributed by atoms with Crippen molar-refractivity contribution in [3.05, 3.63) is 23.9 Å². The number of hydrogen-bond donors (Lipinski definition) is 3. The molecule has 0 atom stereocenters. The number of hydrogen-bond acceptors (Lipinski definition) is 4. The zero-order chi connectivity index (χ0) is 19.0. The molecule has 1 heterocycles. The van der Waals surface area contributed by atoms with Gasteiger partial charge < -0.3 is 20.5 Å². The van der Waals surface area contributed by atoms with E-state index in [1.54, 1.807) is 12.1 Å². The molecule has 146 valence electrons. The van der Waals surface area contributed by atoms with Crippen LogP contribution in [0.15, 0.2) is 23.3 Å². The van der Waals surface area contributed by atoms with Gasteiger partial charge in [0.1, 0.15) is 0 Å². The third-order valence-electron chi connectivity index (χ3n) is 4.01. The Bertz CT molecular complexity index is 588. The van der Waals surface area contributed by atoms with E-state index in [2.05, 4.69) is 20.6 Å². The highest BCUT2D eigenvalue weighted by Gasteiger charge is 2.29. The van der Waals surface area contributed by atoms with Crippen LogP contribution in [-0.2, 0) is 6.54 Å². The Morgan fingerprint density at radius 3 is 2.73 bits per heavy atom. The number of ether oxygens (including phenoxy) is 1. The number of aliphatic hydroxyl groups excluding tert-OH is 1. The molecule has 0 saturated heterocycles. The van der Waals surface area contributed by atoms with Crippen LogP contribution in [0.4, 0.5) is 13.2 Å². The number of nitrogens with one attached hydrogen (secondary N) is 2. The highest BCUT2D eigenvalue weighted by Crippen LogP contribution is 2.21. The van der Waals surface area contributed by atoms with Gasteiger partial charge in [0.05, 0.1) is 12.6 Å². The second kappa shape index (κ2) is 9.61. The van der Waals surface area contributed by atoms with Gasteiger partial charge in [-0.05, 0) is 38.7 Å². The molecule has 9 heteroatoms. The van der Waals surface area contributed by atoms with Gasteiger partial charge in [0, 0.05) is 24.3 Å². The maximum Gasteiger partial charge on any atom is 0.422 e. The van der Waals surface area contributed by atoms with Crippen molar-refractivity contribution in [2.45, 2.75) is 57.5 Å². The summed E-state index contributed by atoms with van der Waals surface area (Å²) >= 11 is 0. The first-order valence-corrected chi connectivity index (χ1v) is 8.73. The average molecular weight is 374 g/mol. The molecule has 1 saturated carbocycles. The van der Waals surface area contributed by atoms with Crippen molar-refractivity contribution in [1.82, 2.24) is 15.6 Å². The SMILES string of the molecule is CCNC(=NCc1cccnc1OCC(F)(F)F)NC1CCC(O)CC1. The number of guanidine groups is 1. The molecule has 0 bridgehead atoms. The molecule has 26 heavy (non-hydrogen) atoms. The number of halogens is 3. The Morgan fingerprint density at radius 2 is 2.08 bits per heavy atom. The second-order valence-electron chi connectivity index (χ2n) is 6.22. The van der Waals surface area contributed by atoms with Gasteiger partial charge in [0.2, 0.25) is 5.88 Å². The summed E-state index contributed by atoms with van der Waals surface area (Å²) in [5, 5.41) is 16.0. The van der Waals surface area contributed by atoms with E-state index in [1.165, 1.54) is 6.20 Å². The highest BCUT2D eigenvalue weighted by atomic mass is 19.4. The first-order valence-electron chi connectivity index (χ1n) is 8.73. The molecule has 3 N–H and O–H groups in total. The van der Waals surface area contributed by atoms with Gasteiger partial charge in [0.25, 0.3) is 0 Å². The van der Waals surface area contributed by atoms with Gasteiger partial charge in [-0.1, -0.05) is 6.07 Å². The van der Waals surface area contributed by atoms with Gasteiger partial charge in [-0.2, -0.15) is 13.2 Å². The molecule has 0 spiro atoms. The molecule has 2 rings (SSSR count). The lowest BCUT2D eigenvalue weighted by Gasteiger charge is -2.27. The monoisotopic (exact) mass is 374 g/mol. The van der Waals surface area contributed by atoms with Crippen LogP contribution in [0.1, 0.15) is 38.2 Å². The van der Waals surface area contributed by atoms with Gasteiger partial charge in [-0.25, -0.2) is 9.98 Å². The summed E-state index contributed by atoms with van der Waals surface area (Å²) in [4.78, 5) is 8.30. The van der Waals surface area contributed by atoms with Crippen molar-refractivity contribution in [2.24, 2.45) is 4.99 Å². The predicted molar refractivity (Wildman–Crippen MR) is 92.0 cm³/mol. The van der Waals surface area contributed by atoms with Crippen molar-refractivity contribution in [2.75, 3.05) is 13.2 Å². The molecule has 0 amide bonds. The fourth-order valence-electron chi connectivity index (χ4n) is 2.72. The number of aliphatic imine (C=N–C) groups is 1. The Kier molecular flexibility index (Phi) is 7.50. The number of aliphatic hydroxyl groups is 1. The molecule has 1 aromatic heterocycles. The quantitative estimate of drug-likeness (QED) is 0.526. The summed E-state index contributed by atoms with van der Waals surface area (Å²) in [6.07, 6.45) is -0.0899. The summed E-state index contributed by atoms with van der Waals surface area (Å²) in [6, 6.07) is 3.49. The highest BCUT2D eigenvalue weighted by molar-refractivity contribution is 5.80. The van der Waals surface area contributed by atoms with Crippen LogP contribution in [0.2, 0.25) is 0 Å². The predicted octanol–water partition coefficient (Wildman–Crippen LogP) is 2.38. The molecule has 1 aromatic rings. The maximum absolute atomic E-state index is 12.4. The summed E-state index contributed by atoms with van der Waals surface area (Å²) < 4.78 is 41.9. The fraction of sp³-hybridized carbons (Fsp3) is 0.647. The van der Waals surface area contributed by atoms with Crippen LogP contribution in [0.3, 0.4) is 0 Å². The third kappa shape index (κ3) is 7.07. The second-order valence-corrected chi connectivity index (χ2v) is 6.22. The minimum absolute atomic E-state index is 0.0646. The number of rotatable bonds is 6. The topological polar surface area (TPSA) is 78.8 Å². The molecule has 1 aliphatic carbocycles. The Balaban J connectivity index is 2.00. The first kappa shape index (κ1) is 20.3. The first-order chi connectivity index (χ1) is 12.4. The van der Waals surface area contributed by atoms with E-state index in [0.29, 0.717) is 18.1 Å². The van der Waals surface area contributed by atoms with Crippen LogP contribution >= 0.6 is 0 Å². The number of alkyl halides is 3. The minimum Gasteiger partial charge on any atom is -0.468 e. The average Bonchev–Trinajstić information content (AvgIpc) is 2.60. The van der Waals surface area contributed by atoms with Crippen LogP contribution in [0, 0.1) is 0 Å². The molecule has 0 aliphatic heterocycles. The summed E-state index contributed by atoms with van der Waals surface area (Å²) in [5.74, 6) is 0.518. The van der Waals surface area contributed by atoms with E-state index < -0.39 is 12.8 Å². The van der Waals surface area contributed by atoms with Gasteiger partial charge in [-0.3, -0.25) is 0 Å². The number of pyridine rings is 1. The lowest BCUT2D eigenvalue weighted by Crippen LogP contribution is -2.45. The van der Waals surface area contributed by atoms with Gasteiger partial charge >= 0.3 is 6.18 Å². The lowest BCUT2D eigenvalue weighted by molar-refractivity contribution is -0.154. The third-order valence-corrected chi connectivity index (χ3v) is 4.01. The molecule has 0 radical (unpaired) electrons. The lowest BCUT2D eigenvalue weighted by atomic mass is 9.93. The normalized spacial score (nSPS) is 21.3. The zero-order valence-corrected chi connectivity index (χ0v) is 14.7. The molecule has 1 fully saturated rings. The van der Waals surface area contributed by atoms with Crippen LogP contribution in [-0.4, -0.2) is 47.5 Å². The van der Waals surface area contributed by atoms with E-state index in [1.807, 2.05) is 6.92 Å². The summed E-state index contributed by atoms with van der Waals surface area (Å²) in [7, 11) is 0. The van der Waals surface area contributed by atoms with Crippen LogP contribution < -0.4 is 15.4 Å². The van der Waals surface area contributed by atoms with Crippen molar-refractivity contribution >= 4 is 5.96 Å². The van der Waals surface area contributed by atoms with Crippen molar-refractivity contribution in [3.8, 4) is 5.88 Å². The molecular weight excluding hydrogens is 349 g/mol. The molecule has 6 nitrogen and oxygen atoms in total. The van der Waals surface area contributed by atoms with Crippen molar-refractivity contribution in [3.63, 3.8) is 0 Å². The molecule has 0 unspecified atom stereocenters. The van der Waals surface area contributed by atoms with Gasteiger partial charge in [-0.15, -0.1) is 0 Å². The fourth-order valence-corrected chi connectivity index (χ4v) is 2.72. The molecular formula is C17H25F3N4O2. The van der Waals surface area contributed by atoms with Crippen LogP contribution in [0.5, 0.6) is 5.88 Å². The van der Waals surface area contributed by atoms with Crippen molar-refractivity contribution < 1.29 is 23.0 Å². The molecule has 0 aromatic carbocycles. The van der Waals surface area contributed by atoms with E-state index in [4.69, 9.17) is 4.74 Å². The Labute approximate surface area is 150 Å². The van der Waals surface area contributed by atoms with E-state index in [0.717, 1.165) is 25.7 Å². The van der Waals surface area contributed by atoms with E-state index in [9.17, 15) is 18.3 Å². The standard InChI is InChI=1S/C17H25F3N4O2/c1-2-21-16(24-13-5-7-14(25)8-6-13)23-10-12-4-3-9-22-15(12)26-11-17(18,19)20/h3-4,9,13-14,25H,2,5-8,10-11H2,1H3,(H2,21,23,24). The summed E-state index contributed by atoms with van der Waals surface area (Å²) in [6.45, 7) is 1.35. The zero-order valence-electron chi connectivity index (χ0n) is 14.7. The molecule has 1 aliphatic rings.